The molecule has 0 radical (unpaired) electrons. The highest BCUT2D eigenvalue weighted by atomic mass is 79.9. The average molecular weight is 321 g/mol. The molecule has 0 aliphatic heterocycles. The van der Waals surface area contributed by atoms with E-state index in [4.69, 9.17) is 22.8 Å². The van der Waals surface area contributed by atoms with Gasteiger partial charge >= 0.3 is 0 Å². The zero-order valence-corrected chi connectivity index (χ0v) is 11.6. The van der Waals surface area contributed by atoms with E-state index in [1.165, 1.54) is 12.1 Å². The summed E-state index contributed by atoms with van der Waals surface area (Å²) in [5.41, 5.74) is 0. The lowest BCUT2D eigenvalue weighted by molar-refractivity contribution is 0.217. The Morgan fingerprint density at radius 3 is 3.00 bits per heavy atom. The summed E-state index contributed by atoms with van der Waals surface area (Å²) < 4.78 is 19.4. The van der Waals surface area contributed by atoms with E-state index in [9.17, 15) is 4.39 Å². The van der Waals surface area contributed by atoms with E-state index in [0.29, 0.717) is 23.3 Å². The molecule has 0 amide bonds. The zero-order chi connectivity index (χ0) is 12.8. The molecule has 5 heteroatoms. The van der Waals surface area contributed by atoms with Crippen molar-refractivity contribution in [2.24, 2.45) is 0 Å². The third-order valence-electron chi connectivity index (χ3n) is 1.96. The second-order valence-electron chi connectivity index (χ2n) is 3.46. The molecule has 0 saturated carbocycles. The van der Waals surface area contributed by atoms with Crippen molar-refractivity contribution in [3.05, 3.63) is 27.4 Å². The van der Waals surface area contributed by atoms with Gasteiger partial charge in [0.15, 0.2) is 0 Å². The van der Waals surface area contributed by atoms with Gasteiger partial charge in [-0.15, -0.1) is 6.42 Å². The standard InChI is InChI=1S/C12H12BrClFNO/c1-3-4-16-7-8(2)17-12-6-11(15)10(14)5-9(12)13/h1,5-6,8,16H,4,7H2,2H3. The minimum absolute atomic E-state index is 0.0577. The fourth-order valence-electron chi connectivity index (χ4n) is 1.20. The van der Waals surface area contributed by atoms with Gasteiger partial charge in [-0.3, -0.25) is 0 Å². The molecule has 0 spiro atoms. The van der Waals surface area contributed by atoms with Crippen molar-refractivity contribution in [3.63, 3.8) is 0 Å². The number of ether oxygens (including phenoxy) is 1. The number of terminal acetylenes is 1. The molecule has 2 nitrogen and oxygen atoms in total. The van der Waals surface area contributed by atoms with Crippen molar-refractivity contribution in [3.8, 4) is 18.1 Å². The van der Waals surface area contributed by atoms with Crippen LogP contribution in [0.2, 0.25) is 5.02 Å². The quantitative estimate of drug-likeness (QED) is 0.511. The Balaban J connectivity index is 2.62. The van der Waals surface area contributed by atoms with E-state index in [-0.39, 0.29) is 11.1 Å². The molecule has 1 rings (SSSR count). The van der Waals surface area contributed by atoms with Gasteiger partial charge in [-0.25, -0.2) is 4.39 Å². The highest BCUT2D eigenvalue weighted by Crippen LogP contribution is 2.31. The summed E-state index contributed by atoms with van der Waals surface area (Å²) in [6.45, 7) is 2.92. The van der Waals surface area contributed by atoms with Crippen molar-refractivity contribution in [1.82, 2.24) is 5.32 Å². The van der Waals surface area contributed by atoms with E-state index in [1.807, 2.05) is 6.92 Å². The summed E-state index contributed by atoms with van der Waals surface area (Å²) in [5.74, 6) is 2.37. The van der Waals surface area contributed by atoms with Gasteiger partial charge in [-0.1, -0.05) is 17.5 Å². The monoisotopic (exact) mass is 319 g/mol. The van der Waals surface area contributed by atoms with Crippen molar-refractivity contribution in [2.75, 3.05) is 13.1 Å². The smallest absolute Gasteiger partial charge is 0.145 e. The molecular formula is C12H12BrClFNO. The molecule has 1 N–H and O–H groups in total. The van der Waals surface area contributed by atoms with Gasteiger partial charge in [-0.05, 0) is 28.9 Å². The number of hydrogen-bond acceptors (Lipinski definition) is 2. The van der Waals surface area contributed by atoms with Gasteiger partial charge in [0, 0.05) is 12.6 Å². The second kappa shape index (κ2) is 6.85. The van der Waals surface area contributed by atoms with Crippen LogP contribution >= 0.6 is 27.5 Å². The molecule has 1 unspecified atom stereocenters. The molecule has 1 aromatic carbocycles. The lowest BCUT2D eigenvalue weighted by Gasteiger charge is -2.16. The molecule has 17 heavy (non-hydrogen) atoms. The van der Waals surface area contributed by atoms with Gasteiger partial charge in [-0.2, -0.15) is 0 Å². The first-order chi connectivity index (χ1) is 8.04. The summed E-state index contributed by atoms with van der Waals surface area (Å²) in [6.07, 6.45) is 4.98. The predicted octanol–water partition coefficient (Wildman–Crippen LogP) is 3.23. The fourth-order valence-corrected chi connectivity index (χ4v) is 1.93. The maximum Gasteiger partial charge on any atom is 0.145 e. The van der Waals surface area contributed by atoms with Crippen molar-refractivity contribution in [1.29, 1.82) is 0 Å². The summed E-state index contributed by atoms with van der Waals surface area (Å²) in [5, 5.41) is 3.06. The first kappa shape index (κ1) is 14.3. The number of halogens is 3. The lowest BCUT2D eigenvalue weighted by atomic mass is 10.3. The Labute approximate surface area is 114 Å². The van der Waals surface area contributed by atoms with Crippen molar-refractivity contribution in [2.45, 2.75) is 13.0 Å². The number of nitrogens with one attached hydrogen (secondary N) is 1. The summed E-state index contributed by atoms with van der Waals surface area (Å²) in [4.78, 5) is 0. The Hall–Kier alpha value is -0.760. The molecule has 0 bridgehead atoms. The molecule has 0 aliphatic carbocycles. The van der Waals surface area contributed by atoms with Crippen LogP contribution in [0.15, 0.2) is 16.6 Å². The second-order valence-corrected chi connectivity index (χ2v) is 4.72. The van der Waals surface area contributed by atoms with E-state index >= 15 is 0 Å². The van der Waals surface area contributed by atoms with Crippen LogP contribution in [0, 0.1) is 18.2 Å². The SMILES string of the molecule is C#CCNCC(C)Oc1cc(F)c(Cl)cc1Br. The van der Waals surface area contributed by atoms with Crippen LogP contribution in [0.25, 0.3) is 0 Å². The van der Waals surface area contributed by atoms with Crippen LogP contribution in [0.4, 0.5) is 4.39 Å². The van der Waals surface area contributed by atoms with Gasteiger partial charge in [0.25, 0.3) is 0 Å². The van der Waals surface area contributed by atoms with Crippen LogP contribution in [-0.2, 0) is 0 Å². The van der Waals surface area contributed by atoms with Crippen LogP contribution in [0.5, 0.6) is 5.75 Å². The van der Waals surface area contributed by atoms with Crippen LogP contribution < -0.4 is 10.1 Å². The first-order valence-corrected chi connectivity index (χ1v) is 6.17. The maximum absolute atomic E-state index is 13.2. The molecule has 0 aromatic heterocycles. The van der Waals surface area contributed by atoms with Crippen LogP contribution in [0.1, 0.15) is 6.92 Å². The summed E-state index contributed by atoms with van der Waals surface area (Å²) >= 11 is 8.89. The van der Waals surface area contributed by atoms with Crippen molar-refractivity contribution >= 4 is 27.5 Å². The van der Waals surface area contributed by atoms with Crippen LogP contribution in [0.3, 0.4) is 0 Å². The number of benzene rings is 1. The third-order valence-corrected chi connectivity index (χ3v) is 2.87. The Bertz CT molecular complexity index is 433. The lowest BCUT2D eigenvalue weighted by Crippen LogP contribution is -2.29. The highest BCUT2D eigenvalue weighted by molar-refractivity contribution is 9.10. The summed E-state index contributed by atoms with van der Waals surface area (Å²) in [7, 11) is 0. The normalized spacial score (nSPS) is 11.9. The van der Waals surface area contributed by atoms with E-state index in [0.717, 1.165) is 0 Å². The molecular weight excluding hydrogens is 308 g/mol. The molecule has 0 aliphatic rings. The van der Waals surface area contributed by atoms with Gasteiger partial charge < -0.3 is 10.1 Å². The third kappa shape index (κ3) is 4.55. The Morgan fingerprint density at radius 1 is 1.65 bits per heavy atom. The van der Waals surface area contributed by atoms with Gasteiger partial charge in [0.2, 0.25) is 0 Å². The minimum atomic E-state index is -0.506. The predicted molar refractivity (Wildman–Crippen MR) is 70.9 cm³/mol. The number of hydrogen-bond donors (Lipinski definition) is 1. The molecule has 0 heterocycles. The van der Waals surface area contributed by atoms with Crippen molar-refractivity contribution < 1.29 is 9.13 Å². The maximum atomic E-state index is 13.2. The Morgan fingerprint density at radius 2 is 2.35 bits per heavy atom. The topological polar surface area (TPSA) is 21.3 Å². The van der Waals surface area contributed by atoms with E-state index < -0.39 is 5.82 Å². The Kier molecular flexibility index (Phi) is 5.76. The molecule has 1 atom stereocenters. The molecule has 0 fully saturated rings. The van der Waals surface area contributed by atoms with E-state index in [1.54, 1.807) is 0 Å². The highest BCUT2D eigenvalue weighted by Gasteiger charge is 2.10. The molecule has 1 aromatic rings. The summed E-state index contributed by atoms with van der Waals surface area (Å²) in [6, 6.07) is 2.72. The minimum Gasteiger partial charge on any atom is -0.488 e. The zero-order valence-electron chi connectivity index (χ0n) is 9.27. The van der Waals surface area contributed by atoms with E-state index in [2.05, 4.69) is 27.2 Å². The molecule has 92 valence electrons. The van der Waals surface area contributed by atoms with Gasteiger partial charge in [0.1, 0.15) is 17.7 Å². The fraction of sp³-hybridized carbons (Fsp3) is 0.333. The van der Waals surface area contributed by atoms with Gasteiger partial charge in [0.05, 0.1) is 16.0 Å². The number of rotatable bonds is 5. The molecule has 0 saturated heterocycles. The average Bonchev–Trinajstić information content (AvgIpc) is 2.26. The largest absolute Gasteiger partial charge is 0.488 e. The van der Waals surface area contributed by atoms with Crippen LogP contribution in [-0.4, -0.2) is 19.2 Å². The first-order valence-electron chi connectivity index (χ1n) is 5.00.